The molecule has 6 heteroatoms. The van der Waals surface area contributed by atoms with Gasteiger partial charge in [0.15, 0.2) is 0 Å². The van der Waals surface area contributed by atoms with Crippen molar-refractivity contribution in [1.29, 1.82) is 0 Å². The van der Waals surface area contributed by atoms with E-state index in [4.69, 9.17) is 4.74 Å². The lowest BCUT2D eigenvalue weighted by Gasteiger charge is -2.33. The normalized spacial score (nSPS) is 16.2. The van der Waals surface area contributed by atoms with Crippen LogP contribution < -0.4 is 10.1 Å². The van der Waals surface area contributed by atoms with E-state index in [1.165, 1.54) is 28.8 Å². The highest BCUT2D eigenvalue weighted by atomic mass is 79.9. The van der Waals surface area contributed by atoms with Crippen LogP contribution in [0.15, 0.2) is 76.8 Å². The minimum Gasteiger partial charge on any atom is -0.492 e. The first kappa shape index (κ1) is 27.6. The molecule has 5 rings (SSSR count). The van der Waals surface area contributed by atoms with Gasteiger partial charge in [0.1, 0.15) is 11.6 Å². The Morgan fingerprint density at radius 1 is 1.13 bits per heavy atom. The zero-order valence-electron chi connectivity index (χ0n) is 22.7. The highest BCUT2D eigenvalue weighted by molar-refractivity contribution is 9.10. The molecule has 1 amide bonds. The Balaban J connectivity index is 1.28. The zero-order valence-corrected chi connectivity index (χ0v) is 24.3. The van der Waals surface area contributed by atoms with Crippen molar-refractivity contribution in [3.05, 3.63) is 105 Å². The maximum atomic E-state index is 14.1. The third-order valence-electron chi connectivity index (χ3n) is 7.77. The van der Waals surface area contributed by atoms with E-state index in [1.54, 1.807) is 6.07 Å². The molecule has 0 radical (unpaired) electrons. The molecule has 0 spiro atoms. The summed E-state index contributed by atoms with van der Waals surface area (Å²) in [5.41, 5.74) is 6.85. The molecule has 1 heterocycles. The third-order valence-corrected chi connectivity index (χ3v) is 8.42. The summed E-state index contributed by atoms with van der Waals surface area (Å²) in [5.74, 6) is 0.385. The monoisotopic (exact) mass is 590 g/mol. The van der Waals surface area contributed by atoms with E-state index in [9.17, 15) is 9.18 Å². The molecule has 39 heavy (non-hydrogen) atoms. The van der Waals surface area contributed by atoms with Crippen LogP contribution in [0.3, 0.4) is 0 Å². The van der Waals surface area contributed by atoms with E-state index in [-0.39, 0.29) is 17.8 Å². The van der Waals surface area contributed by atoms with Crippen LogP contribution in [0.2, 0.25) is 0 Å². The first-order chi connectivity index (χ1) is 18.9. The van der Waals surface area contributed by atoms with Gasteiger partial charge in [0, 0.05) is 24.2 Å². The first-order valence-electron chi connectivity index (χ1n) is 13.9. The lowest BCUT2D eigenvalue weighted by molar-refractivity contribution is -0.130. The predicted molar refractivity (Wildman–Crippen MR) is 158 cm³/mol. The van der Waals surface area contributed by atoms with Gasteiger partial charge in [-0.2, -0.15) is 0 Å². The summed E-state index contributed by atoms with van der Waals surface area (Å²) in [5, 5.41) is 3.44. The fourth-order valence-corrected chi connectivity index (χ4v) is 5.86. The van der Waals surface area contributed by atoms with E-state index in [0.717, 1.165) is 59.8 Å². The quantitative estimate of drug-likeness (QED) is 0.250. The number of nitrogens with one attached hydrogen (secondary N) is 1. The van der Waals surface area contributed by atoms with Gasteiger partial charge in [-0.05, 0) is 108 Å². The van der Waals surface area contributed by atoms with Crippen LogP contribution in [0.25, 0.3) is 5.57 Å². The summed E-state index contributed by atoms with van der Waals surface area (Å²) in [6, 6.07) is 21.8. The fourth-order valence-electron chi connectivity index (χ4n) is 5.50. The number of rotatable bonds is 10. The maximum Gasteiger partial charge on any atom is 0.252 e. The molecule has 0 bridgehead atoms. The second-order valence-electron chi connectivity index (χ2n) is 10.6. The summed E-state index contributed by atoms with van der Waals surface area (Å²) in [4.78, 5) is 16.2. The Kier molecular flexibility index (Phi) is 8.83. The van der Waals surface area contributed by atoms with Crippen LogP contribution in [0.1, 0.15) is 60.9 Å². The van der Waals surface area contributed by atoms with E-state index >= 15 is 0 Å². The van der Waals surface area contributed by atoms with Gasteiger partial charge in [0.2, 0.25) is 0 Å². The van der Waals surface area contributed by atoms with Gasteiger partial charge in [-0.15, -0.1) is 0 Å². The fraction of sp³-hybridized carbons (Fsp3) is 0.364. The lowest BCUT2D eigenvalue weighted by Crippen LogP contribution is -2.41. The molecule has 3 aromatic rings. The molecule has 0 saturated heterocycles. The number of aryl methyl sites for hydroxylation is 2. The van der Waals surface area contributed by atoms with Crippen molar-refractivity contribution in [2.45, 2.75) is 58.0 Å². The van der Waals surface area contributed by atoms with Crippen molar-refractivity contribution in [1.82, 2.24) is 10.2 Å². The van der Waals surface area contributed by atoms with Crippen molar-refractivity contribution < 1.29 is 13.9 Å². The molecule has 1 fully saturated rings. The maximum absolute atomic E-state index is 14.1. The van der Waals surface area contributed by atoms with Gasteiger partial charge in [0.25, 0.3) is 5.91 Å². The minimum absolute atomic E-state index is 0.0412. The number of carbonyl (C=O) groups is 1. The molecule has 3 aromatic carbocycles. The van der Waals surface area contributed by atoms with Crippen LogP contribution in [0.4, 0.5) is 4.39 Å². The van der Waals surface area contributed by atoms with E-state index < -0.39 is 0 Å². The Bertz CT molecular complexity index is 1350. The average molecular weight is 592 g/mol. The first-order valence-corrected chi connectivity index (χ1v) is 14.7. The summed E-state index contributed by atoms with van der Waals surface area (Å²) in [6.07, 6.45) is 4.68. The Morgan fingerprint density at radius 2 is 1.90 bits per heavy atom. The second kappa shape index (κ2) is 12.5. The lowest BCUT2D eigenvalue weighted by atomic mass is 9.91. The molecule has 4 nitrogen and oxygen atoms in total. The molecule has 1 atom stereocenters. The number of amides is 1. The second-order valence-corrected chi connectivity index (χ2v) is 11.4. The van der Waals surface area contributed by atoms with Crippen LogP contribution in [0.5, 0.6) is 5.75 Å². The standard InChI is InChI=1S/C33H36BrFN2O2/c1-22-6-3-4-8-28(22)23(2)37(27-14-15-27)33(38)30-21-36-18-17-29(30)25-11-9-24(10-12-25)7-5-19-39-32-20-26(35)13-16-31(32)34/h3-4,6,8-13,16,20,23,27,36H,5,7,14-15,17-19,21H2,1-2H3. The molecule has 1 N–H and O–H groups in total. The molecule has 0 aromatic heterocycles. The smallest absolute Gasteiger partial charge is 0.252 e. The van der Waals surface area contributed by atoms with Crippen molar-refractivity contribution in [2.75, 3.05) is 19.7 Å². The molecule has 1 aliphatic carbocycles. The average Bonchev–Trinajstić information content (AvgIpc) is 3.79. The molecule has 204 valence electrons. The number of carbonyl (C=O) groups excluding carboxylic acids is 1. The minimum atomic E-state index is -0.307. The molecule has 2 aliphatic rings. The molecular formula is C33H36BrFN2O2. The van der Waals surface area contributed by atoms with Gasteiger partial charge in [-0.1, -0.05) is 48.5 Å². The highest BCUT2D eigenvalue weighted by Crippen LogP contribution is 2.38. The van der Waals surface area contributed by atoms with Gasteiger partial charge >= 0.3 is 0 Å². The van der Waals surface area contributed by atoms with Gasteiger partial charge in [-0.25, -0.2) is 4.39 Å². The summed E-state index contributed by atoms with van der Waals surface area (Å²) in [6.45, 7) is 6.28. The van der Waals surface area contributed by atoms with Crippen LogP contribution >= 0.6 is 15.9 Å². The Morgan fingerprint density at radius 3 is 2.64 bits per heavy atom. The van der Waals surface area contributed by atoms with Crippen LogP contribution in [0, 0.1) is 12.7 Å². The van der Waals surface area contributed by atoms with E-state index in [0.29, 0.717) is 24.9 Å². The van der Waals surface area contributed by atoms with Gasteiger partial charge < -0.3 is 15.0 Å². The van der Waals surface area contributed by atoms with Crippen molar-refractivity contribution in [2.24, 2.45) is 0 Å². The number of nitrogens with zero attached hydrogens (tertiary/aromatic N) is 1. The number of ether oxygens (including phenoxy) is 1. The topological polar surface area (TPSA) is 41.6 Å². The van der Waals surface area contributed by atoms with Gasteiger partial charge in [-0.3, -0.25) is 4.79 Å². The van der Waals surface area contributed by atoms with Crippen molar-refractivity contribution in [3.8, 4) is 5.75 Å². The van der Waals surface area contributed by atoms with E-state index in [2.05, 4.69) is 88.5 Å². The molecule has 1 saturated carbocycles. The Hall–Kier alpha value is -2.96. The summed E-state index contributed by atoms with van der Waals surface area (Å²) >= 11 is 3.40. The molecular weight excluding hydrogens is 555 g/mol. The number of hydrogen-bond acceptors (Lipinski definition) is 3. The summed E-state index contributed by atoms with van der Waals surface area (Å²) < 4.78 is 20.0. The third kappa shape index (κ3) is 6.62. The van der Waals surface area contributed by atoms with Gasteiger partial charge in [0.05, 0.1) is 17.1 Å². The van der Waals surface area contributed by atoms with Crippen LogP contribution in [-0.4, -0.2) is 36.5 Å². The summed E-state index contributed by atoms with van der Waals surface area (Å²) in [7, 11) is 0. The SMILES string of the molecule is Cc1ccccc1C(C)N(C(=O)C1=C(c2ccc(CCCOc3cc(F)ccc3Br)cc2)CCNC1)C1CC1. The Labute approximate surface area is 239 Å². The predicted octanol–water partition coefficient (Wildman–Crippen LogP) is 7.41. The number of hydrogen-bond donors (Lipinski definition) is 1. The van der Waals surface area contributed by atoms with E-state index in [1.807, 2.05) is 0 Å². The van der Waals surface area contributed by atoms with Crippen molar-refractivity contribution in [3.63, 3.8) is 0 Å². The number of halogens is 2. The highest BCUT2D eigenvalue weighted by Gasteiger charge is 2.38. The zero-order chi connectivity index (χ0) is 27.4. The molecule has 1 unspecified atom stereocenters. The van der Waals surface area contributed by atoms with Crippen molar-refractivity contribution >= 4 is 27.4 Å². The largest absolute Gasteiger partial charge is 0.492 e. The number of benzene rings is 3. The molecule has 1 aliphatic heterocycles. The van der Waals surface area contributed by atoms with Crippen LogP contribution in [-0.2, 0) is 11.2 Å².